The molecule has 0 fully saturated rings. The summed E-state index contributed by atoms with van der Waals surface area (Å²) >= 11 is 0. The van der Waals surface area contributed by atoms with Gasteiger partial charge in [0.05, 0.1) is 25.2 Å². The fraction of sp³-hybridized carbons (Fsp3) is 0.397. The lowest BCUT2D eigenvalue weighted by molar-refractivity contribution is -0.774. The van der Waals surface area contributed by atoms with Crippen molar-refractivity contribution in [1.82, 2.24) is 0 Å². The second kappa shape index (κ2) is 15.2. The Hall–Kier alpha value is -6.13. The van der Waals surface area contributed by atoms with Gasteiger partial charge in [-0.05, 0) is 131 Å². The minimum Gasteiger partial charge on any atom is -0.410 e. The zero-order valence-corrected chi connectivity index (χ0v) is 44.3. The second-order valence-corrected chi connectivity index (χ2v) is 25.6. The highest BCUT2D eigenvalue weighted by molar-refractivity contribution is 6.02. The Balaban J connectivity index is 1.29. The number of hydrogen-bond acceptors (Lipinski definition) is 3. The predicted octanol–water partition coefficient (Wildman–Crippen LogP) is 17.8. The van der Waals surface area contributed by atoms with Crippen LogP contribution in [-0.4, -0.2) is 0 Å². The van der Waals surface area contributed by atoms with Gasteiger partial charge in [0.1, 0.15) is 18.8 Å². The van der Waals surface area contributed by atoms with Crippen molar-refractivity contribution >= 4 is 17.1 Å². The summed E-state index contributed by atoms with van der Waals surface area (Å²) in [7, 11) is 0. The van der Waals surface area contributed by atoms with Gasteiger partial charge in [0, 0.05) is 56.5 Å². The van der Waals surface area contributed by atoms with E-state index in [0.29, 0.717) is 56.2 Å². The zero-order valence-electron chi connectivity index (χ0n) is 63.3. The Morgan fingerprint density at radius 3 is 1.78 bits per heavy atom. The number of pyridine rings is 1. The van der Waals surface area contributed by atoms with Crippen LogP contribution in [-0.2, 0) is 38.3 Å². The number of nitrogens with zero attached hydrogens (tertiary/aromatic N) is 3. The molecule has 0 N–H and O–H groups in total. The van der Waals surface area contributed by atoms with Crippen LogP contribution in [0.2, 0.25) is 0 Å². The molecule has 0 bridgehead atoms. The summed E-state index contributed by atoms with van der Waals surface area (Å²) < 4.78 is 183. The van der Waals surface area contributed by atoms with Crippen LogP contribution in [0.25, 0.3) is 44.6 Å². The van der Waals surface area contributed by atoms with Crippen molar-refractivity contribution in [2.45, 2.75) is 176 Å². The van der Waals surface area contributed by atoms with Gasteiger partial charge < -0.3 is 9.64 Å². The van der Waals surface area contributed by atoms with E-state index in [1.165, 1.54) is 4.57 Å². The van der Waals surface area contributed by atoms with Gasteiger partial charge in [0.25, 0.3) is 0 Å². The van der Waals surface area contributed by atoms with Crippen molar-refractivity contribution in [2.24, 2.45) is 0 Å². The van der Waals surface area contributed by atoms with Crippen LogP contribution in [0.4, 0.5) is 17.1 Å². The summed E-state index contributed by atoms with van der Waals surface area (Å²) in [5.41, 5.74) is 1.63. The quantitative estimate of drug-likeness (QED) is 0.165. The Labute approximate surface area is 458 Å². The van der Waals surface area contributed by atoms with Crippen LogP contribution in [0.1, 0.15) is 207 Å². The van der Waals surface area contributed by atoms with Gasteiger partial charge in [-0.2, -0.15) is 0 Å². The second-order valence-electron chi connectivity index (χ2n) is 25.6. The van der Waals surface area contributed by atoms with Gasteiger partial charge >= 0.3 is 5.85 Å². The molecule has 1 spiro atoms. The smallest absolute Gasteiger partial charge is 0.410 e. The molecule has 4 aliphatic heterocycles. The highest BCUT2D eigenvalue weighted by Crippen LogP contribution is 2.68. The first-order valence-electron chi connectivity index (χ1n) is 34.6. The fourth-order valence-electron chi connectivity index (χ4n) is 10.9. The maximum absolute atomic E-state index is 10.6. The van der Waals surface area contributed by atoms with Crippen molar-refractivity contribution in [3.63, 3.8) is 0 Å². The molecule has 72 heavy (non-hydrogen) atoms. The molecule has 5 heterocycles. The summed E-state index contributed by atoms with van der Waals surface area (Å²) in [5, 5.41) is 0. The maximum Gasteiger partial charge on any atom is 0.432 e. The molecule has 0 saturated heterocycles. The molecule has 2 atom stereocenters. The van der Waals surface area contributed by atoms with E-state index >= 15 is 0 Å². The van der Waals surface area contributed by atoms with Gasteiger partial charge in [0.15, 0.2) is 6.17 Å². The van der Waals surface area contributed by atoms with Gasteiger partial charge in [0.2, 0.25) is 5.69 Å². The number of para-hydroxylation sites is 1. The third-order valence-corrected chi connectivity index (χ3v) is 15.1. The van der Waals surface area contributed by atoms with E-state index in [9.17, 15) is 13.7 Å². The Morgan fingerprint density at radius 1 is 0.542 bits per heavy atom. The summed E-state index contributed by atoms with van der Waals surface area (Å²) in [6.45, 7) is 16.9. The number of aryl methyl sites for hydroxylation is 1. The number of anilines is 3. The molecule has 2 unspecified atom stereocenters. The SMILES string of the molecule is [2H]c1c([2H])c(C(C([2H])([2H])[2H])(C([2H])([2H])[2H])C([2H])([2H])[2H])c([2H])c([2H])c1-c1c([2H])c([2H])[n+]2c(c1[2H])-c1cc(C(C)(C)C)cc3c1C21Oc2c(cc(C(C)(C)C)cc2C(C)(C)C)C2N(c4ccc(-c5cc(C(C)(C)C)cc(C(C)(C)C)c5)cc4C([2H])([2H])[2H])c4cccc-3c4N21. The monoisotopic (exact) mass is 972 g/mol. The maximum atomic E-state index is 10.6. The standard InChI is InChI=1S/C68H78N3O/c1-40-31-42(44-32-46(63(5,6)7)35-47(33-44)64(8,9)10)25-28-55(40)70-56-22-20-21-50-51-36-48(65(11,12)13)37-52-57-34-43(41-23-26-45(27-24-41)62(2,3)4)29-30-69(57)68(58(51)52)71(59(50)56)61(70)53-38-49(66(14,15)16)39-54(60(53)72-68)67(17,18)19/h20-39,61H,1-19H3/q+1/i1D3,2D3,3D3,4D3,23D,24D,26D,27D,29D,30D,34D. The van der Waals surface area contributed by atoms with E-state index in [0.717, 1.165) is 33.4 Å². The molecule has 11 rings (SSSR count). The molecule has 7 aromatic rings. The molecular weight excluding hydrogens is 875 g/mol. The number of hydrogen-bond donors (Lipinski definition) is 0. The topological polar surface area (TPSA) is 19.6 Å². The molecule has 0 saturated carbocycles. The van der Waals surface area contributed by atoms with E-state index in [1.807, 2.05) is 73.0 Å². The van der Waals surface area contributed by atoms with Gasteiger partial charge in [-0.25, -0.2) is 4.90 Å². The largest absolute Gasteiger partial charge is 0.432 e. The number of rotatable bonds is 3. The lowest BCUT2D eigenvalue weighted by atomic mass is 9.77. The predicted molar refractivity (Wildman–Crippen MR) is 303 cm³/mol. The van der Waals surface area contributed by atoms with Crippen molar-refractivity contribution in [3.05, 3.63) is 171 Å². The van der Waals surface area contributed by atoms with Crippen LogP contribution in [0.3, 0.4) is 0 Å². The molecule has 1 aromatic heterocycles. The number of benzene rings is 6. The number of fused-ring (bicyclic) bond motifs is 5. The van der Waals surface area contributed by atoms with E-state index in [-0.39, 0.29) is 22.1 Å². The average Bonchev–Trinajstić information content (AvgIpc) is 1.52. The average molecular weight is 973 g/mol. The lowest BCUT2D eigenvalue weighted by Crippen LogP contribution is -2.71. The first kappa shape index (κ1) is 30.8. The van der Waals surface area contributed by atoms with Gasteiger partial charge in [-0.3, -0.25) is 0 Å². The summed E-state index contributed by atoms with van der Waals surface area (Å²) in [5.74, 6) is -1.65. The minimum absolute atomic E-state index is 0.0422. The van der Waals surface area contributed by atoms with Gasteiger partial charge in [-0.15, -0.1) is 4.57 Å². The summed E-state index contributed by atoms with van der Waals surface area (Å²) in [4.78, 5) is 4.06. The van der Waals surface area contributed by atoms with Crippen LogP contribution in [0.15, 0.2) is 121 Å². The Bertz CT molecular complexity index is 4190. The molecule has 4 aliphatic rings. The fourth-order valence-corrected chi connectivity index (χ4v) is 10.9. The molecule has 0 amide bonds. The third kappa shape index (κ3) is 7.23. The van der Waals surface area contributed by atoms with Crippen molar-refractivity contribution in [3.8, 4) is 50.4 Å². The first-order chi connectivity index (χ1) is 41.3. The molecule has 4 heteroatoms. The number of ether oxygens (including phenoxy) is 1. The Kier molecular flexibility index (Phi) is 6.51. The first-order valence-corrected chi connectivity index (χ1v) is 25.1. The summed E-state index contributed by atoms with van der Waals surface area (Å²) in [6.07, 6.45) is -1.64. The molecule has 0 radical (unpaired) electrons. The van der Waals surface area contributed by atoms with Crippen LogP contribution < -0.4 is 19.1 Å². The van der Waals surface area contributed by atoms with E-state index < -0.39 is 120 Å². The Morgan fingerprint density at radius 2 is 1.17 bits per heavy atom. The van der Waals surface area contributed by atoms with Gasteiger partial charge in [-0.1, -0.05) is 191 Å². The van der Waals surface area contributed by atoms with Crippen molar-refractivity contribution < 1.29 is 35.3 Å². The lowest BCUT2D eigenvalue weighted by Gasteiger charge is -2.49. The number of aromatic nitrogens is 1. The molecule has 4 nitrogen and oxygen atoms in total. The normalized spacial score (nSPS) is 22.4. The summed E-state index contributed by atoms with van der Waals surface area (Å²) in [6, 6.07) is 19.8. The molecule has 0 aliphatic carbocycles. The minimum atomic E-state index is -3.96. The molecule has 6 aromatic carbocycles. The van der Waals surface area contributed by atoms with Crippen LogP contribution in [0.5, 0.6) is 5.75 Å². The van der Waals surface area contributed by atoms with Crippen molar-refractivity contribution in [1.29, 1.82) is 0 Å². The van der Waals surface area contributed by atoms with Crippen LogP contribution in [0, 0.1) is 6.85 Å². The van der Waals surface area contributed by atoms with E-state index in [1.54, 1.807) is 6.07 Å². The van der Waals surface area contributed by atoms with E-state index in [2.05, 4.69) is 113 Å². The van der Waals surface area contributed by atoms with E-state index in [4.69, 9.17) is 17.1 Å². The zero-order chi connectivity index (χ0) is 67.9. The molecule has 370 valence electrons. The third-order valence-electron chi connectivity index (χ3n) is 15.1. The van der Waals surface area contributed by atoms with Crippen LogP contribution >= 0.6 is 0 Å². The highest BCUT2D eigenvalue weighted by Gasteiger charge is 2.70. The van der Waals surface area contributed by atoms with Crippen molar-refractivity contribution in [2.75, 3.05) is 9.80 Å². The highest BCUT2D eigenvalue weighted by atomic mass is 16.5. The molecular formula is C68H78N3O+.